The number of aromatic nitrogens is 1. The molecule has 2 heterocycles. The predicted molar refractivity (Wildman–Crippen MR) is 185 cm³/mol. The van der Waals surface area contributed by atoms with Crippen molar-refractivity contribution in [3.63, 3.8) is 0 Å². The summed E-state index contributed by atoms with van der Waals surface area (Å²) in [6.07, 6.45) is -6.14. The lowest BCUT2D eigenvalue weighted by Crippen LogP contribution is -2.30. The van der Waals surface area contributed by atoms with E-state index in [4.69, 9.17) is 16.3 Å². The molecule has 0 bridgehead atoms. The van der Waals surface area contributed by atoms with Gasteiger partial charge in [0, 0.05) is 22.6 Å². The SMILES string of the molecule is [2H]C(O)(Cn1c(C(C)(C)C([2H])([2H])OCc2ccccc2)cc2cc(NC(=O)C3(c4ccc5c(c4)OC(F)(F)O5)CC3)c(F)cc21)C([2H])([2H])OCc1ccccc1. The molecule has 4 aromatic carbocycles. The van der Waals surface area contributed by atoms with E-state index in [0.29, 0.717) is 29.5 Å². The zero-order valence-corrected chi connectivity index (χ0v) is 27.8. The molecule has 1 aromatic heterocycles. The summed E-state index contributed by atoms with van der Waals surface area (Å²) in [6.45, 7) is -3.53. The largest absolute Gasteiger partial charge is 0.586 e. The molecule has 266 valence electrons. The summed E-state index contributed by atoms with van der Waals surface area (Å²) in [5.41, 5.74) is -1.13. The van der Waals surface area contributed by atoms with Gasteiger partial charge in [0.2, 0.25) is 5.91 Å². The Labute approximate surface area is 300 Å². The first kappa shape index (κ1) is 28.8. The molecule has 8 nitrogen and oxygen atoms in total. The lowest BCUT2D eigenvalue weighted by Gasteiger charge is -2.28. The second-order valence-corrected chi connectivity index (χ2v) is 13.2. The van der Waals surface area contributed by atoms with Crippen molar-refractivity contribution in [3.8, 4) is 11.5 Å². The van der Waals surface area contributed by atoms with Gasteiger partial charge in [-0.05, 0) is 53.8 Å². The van der Waals surface area contributed by atoms with Crippen molar-refractivity contribution in [2.45, 2.75) is 69.7 Å². The number of halogens is 3. The summed E-state index contributed by atoms with van der Waals surface area (Å²) in [5.74, 6) is -1.93. The Hall–Kier alpha value is -4.84. The number of hydrogen-bond acceptors (Lipinski definition) is 6. The molecule has 0 radical (unpaired) electrons. The number of amides is 1. The topological polar surface area (TPSA) is 91.2 Å². The van der Waals surface area contributed by atoms with Gasteiger partial charge in [0.15, 0.2) is 11.5 Å². The first-order valence-electron chi connectivity index (χ1n) is 18.9. The quantitative estimate of drug-likeness (QED) is 0.122. The zero-order valence-electron chi connectivity index (χ0n) is 32.8. The molecule has 7 rings (SSSR count). The molecule has 0 saturated heterocycles. The van der Waals surface area contributed by atoms with E-state index in [2.05, 4.69) is 14.8 Å². The number of anilines is 1. The van der Waals surface area contributed by atoms with Crippen LogP contribution in [0.1, 0.15) is 55.9 Å². The van der Waals surface area contributed by atoms with Gasteiger partial charge >= 0.3 is 6.29 Å². The molecule has 1 aliphatic heterocycles. The number of fused-ring (bicyclic) bond motifs is 2. The lowest BCUT2D eigenvalue weighted by atomic mass is 9.90. The molecular formula is C40H39F3N2O6. The Kier molecular flexibility index (Phi) is 7.74. The Morgan fingerprint density at radius 1 is 0.961 bits per heavy atom. The fraction of sp³-hybridized carbons (Fsp3) is 0.325. The van der Waals surface area contributed by atoms with E-state index in [1.54, 1.807) is 54.6 Å². The predicted octanol–water partition coefficient (Wildman–Crippen LogP) is 7.84. The van der Waals surface area contributed by atoms with Gasteiger partial charge in [-0.2, -0.15) is 0 Å². The van der Waals surface area contributed by atoms with Gasteiger partial charge in [-0.1, -0.05) is 80.6 Å². The molecule has 1 aliphatic carbocycles. The van der Waals surface area contributed by atoms with Crippen LogP contribution in [0.5, 0.6) is 11.5 Å². The number of nitrogens with one attached hydrogen (secondary N) is 1. The fourth-order valence-electron chi connectivity index (χ4n) is 6.21. The molecule has 2 aliphatic rings. The molecular weight excluding hydrogens is 661 g/mol. The van der Waals surface area contributed by atoms with Crippen LogP contribution in [-0.4, -0.2) is 41.1 Å². The van der Waals surface area contributed by atoms with E-state index in [9.17, 15) is 18.7 Å². The number of rotatable bonds is 14. The minimum absolute atomic E-state index is 0.0600. The van der Waals surface area contributed by atoms with E-state index < -0.39 is 54.6 Å². The van der Waals surface area contributed by atoms with Crippen molar-refractivity contribution in [1.29, 1.82) is 0 Å². The van der Waals surface area contributed by atoms with Crippen LogP contribution in [0.25, 0.3) is 10.9 Å². The third-order valence-electron chi connectivity index (χ3n) is 9.01. The Morgan fingerprint density at radius 3 is 2.27 bits per heavy atom. The van der Waals surface area contributed by atoms with Crippen molar-refractivity contribution >= 4 is 22.5 Å². The monoisotopic (exact) mass is 705 g/mol. The number of carbonyl (C=O) groups is 1. The van der Waals surface area contributed by atoms with Crippen molar-refractivity contribution in [1.82, 2.24) is 4.57 Å². The third kappa shape index (κ3) is 7.46. The number of nitrogens with zero attached hydrogens (tertiary/aromatic N) is 1. The number of ether oxygens (including phenoxy) is 4. The van der Waals surface area contributed by atoms with Crippen LogP contribution in [0.15, 0.2) is 97.1 Å². The van der Waals surface area contributed by atoms with Gasteiger partial charge in [0.05, 0.1) is 62.4 Å². The number of hydrogen-bond donors (Lipinski definition) is 2. The summed E-state index contributed by atoms with van der Waals surface area (Å²) >= 11 is 0. The van der Waals surface area contributed by atoms with Gasteiger partial charge in [-0.3, -0.25) is 4.79 Å². The minimum Gasteiger partial charge on any atom is -0.395 e. The van der Waals surface area contributed by atoms with E-state index in [0.717, 1.165) is 6.07 Å². The Balaban J connectivity index is 1.23. The van der Waals surface area contributed by atoms with Gasteiger partial charge in [0.25, 0.3) is 0 Å². The summed E-state index contributed by atoms with van der Waals surface area (Å²) in [4.78, 5) is 13.7. The second kappa shape index (κ2) is 13.7. The van der Waals surface area contributed by atoms with Crippen molar-refractivity contribution in [2.75, 3.05) is 18.4 Å². The Bertz CT molecular complexity index is 2270. The van der Waals surface area contributed by atoms with E-state index >= 15 is 4.39 Å². The van der Waals surface area contributed by atoms with Crippen LogP contribution in [0.4, 0.5) is 18.9 Å². The highest BCUT2D eigenvalue weighted by Crippen LogP contribution is 2.52. The molecule has 51 heavy (non-hydrogen) atoms. The summed E-state index contributed by atoms with van der Waals surface area (Å²) in [7, 11) is 0. The number of aliphatic hydroxyl groups is 1. The van der Waals surface area contributed by atoms with Crippen LogP contribution >= 0.6 is 0 Å². The zero-order chi connectivity index (χ0) is 40.3. The maximum atomic E-state index is 16.1. The molecule has 0 spiro atoms. The molecule has 11 heteroatoms. The Morgan fingerprint density at radius 2 is 1.61 bits per heavy atom. The number of benzene rings is 4. The molecule has 1 fully saturated rings. The van der Waals surface area contributed by atoms with Crippen LogP contribution < -0.4 is 14.8 Å². The van der Waals surface area contributed by atoms with Gasteiger partial charge in [0.1, 0.15) is 5.82 Å². The lowest BCUT2D eigenvalue weighted by molar-refractivity contribution is -0.286. The first-order chi connectivity index (χ1) is 26.2. The van der Waals surface area contributed by atoms with Crippen LogP contribution in [0, 0.1) is 5.82 Å². The van der Waals surface area contributed by atoms with E-state index in [1.165, 1.54) is 48.7 Å². The van der Waals surface area contributed by atoms with Gasteiger partial charge < -0.3 is 33.9 Å². The van der Waals surface area contributed by atoms with Crippen molar-refractivity contribution in [2.24, 2.45) is 0 Å². The molecule has 2 N–H and O–H groups in total. The maximum absolute atomic E-state index is 16.1. The summed E-state index contributed by atoms with van der Waals surface area (Å²) < 4.78 is 109. The highest BCUT2D eigenvalue weighted by atomic mass is 19.3. The summed E-state index contributed by atoms with van der Waals surface area (Å²) in [6, 6.07) is 25.5. The standard InChI is InChI=1S/C40H39F3N2O6/c1-38(2,25-49-23-27-11-7-4-8-12-27)36-18-28-17-32(31(41)20-33(28)45(36)21-30(46)24-48-22-26-9-5-3-6-10-26)44-37(47)39(15-16-39)29-13-14-34-35(19-29)51-40(42,43)50-34/h3-14,17-20,30,46H,15-16,21-25H2,1-2H3,(H,44,47)/i24D2,25D2,30D. The molecule has 5 aromatic rings. The van der Waals surface area contributed by atoms with Crippen molar-refractivity contribution in [3.05, 3.63) is 125 Å². The van der Waals surface area contributed by atoms with E-state index in [-0.39, 0.29) is 47.0 Å². The third-order valence-corrected chi connectivity index (χ3v) is 9.01. The molecule has 1 unspecified atom stereocenters. The fourth-order valence-corrected chi connectivity index (χ4v) is 6.21. The van der Waals surface area contributed by atoms with Crippen LogP contribution in [0.3, 0.4) is 0 Å². The second-order valence-electron chi connectivity index (χ2n) is 13.2. The van der Waals surface area contributed by atoms with Gasteiger partial charge in [-0.25, -0.2) is 4.39 Å². The van der Waals surface area contributed by atoms with Crippen molar-refractivity contribution < 1.29 is 48.9 Å². The molecule has 1 amide bonds. The first-order valence-corrected chi connectivity index (χ1v) is 16.4. The average molecular weight is 706 g/mol. The molecule has 1 saturated carbocycles. The maximum Gasteiger partial charge on any atom is 0.586 e. The minimum atomic E-state index is -3.84. The van der Waals surface area contributed by atoms with Gasteiger partial charge in [-0.15, -0.1) is 8.78 Å². The average Bonchev–Trinajstić information content (AvgIpc) is 3.80. The summed E-state index contributed by atoms with van der Waals surface area (Å²) in [5, 5.41) is 14.3. The smallest absolute Gasteiger partial charge is 0.395 e. The normalized spacial score (nSPS) is 18.9. The number of alkyl halides is 2. The van der Waals surface area contributed by atoms with Crippen LogP contribution in [0.2, 0.25) is 0 Å². The number of carbonyl (C=O) groups excluding carboxylic acids is 1. The molecule has 1 atom stereocenters. The van der Waals surface area contributed by atoms with Crippen LogP contribution in [-0.2, 0) is 44.9 Å². The highest BCUT2D eigenvalue weighted by molar-refractivity contribution is 6.03. The highest BCUT2D eigenvalue weighted by Gasteiger charge is 2.53. The van der Waals surface area contributed by atoms with E-state index in [1.807, 2.05) is 6.07 Å².